The summed E-state index contributed by atoms with van der Waals surface area (Å²) in [4.78, 5) is 19.6. The normalized spacial score (nSPS) is 21.3. The number of likely N-dealkylation sites (tertiary alicyclic amines) is 1. The van der Waals surface area contributed by atoms with Gasteiger partial charge in [0.15, 0.2) is 0 Å². The average Bonchev–Trinajstić information content (AvgIpc) is 3.28. The summed E-state index contributed by atoms with van der Waals surface area (Å²) in [6, 6.07) is 8.19. The number of benzene rings is 1. The number of aryl methyl sites for hydroxylation is 1. The number of carbonyl (C=O) groups is 1. The van der Waals surface area contributed by atoms with Gasteiger partial charge in [0.05, 0.1) is 17.4 Å². The van der Waals surface area contributed by atoms with Crippen LogP contribution in [0.3, 0.4) is 0 Å². The van der Waals surface area contributed by atoms with E-state index in [1.807, 2.05) is 12.1 Å². The van der Waals surface area contributed by atoms with E-state index < -0.39 is 5.82 Å². The number of halogens is 1. The van der Waals surface area contributed by atoms with E-state index in [4.69, 9.17) is 9.72 Å². The number of anilines is 1. The smallest absolute Gasteiger partial charge is 0.260 e. The molecule has 5 rings (SSSR count). The first-order valence-electron chi connectivity index (χ1n) is 10.5. The molecule has 0 bridgehead atoms. The second-order valence-corrected chi connectivity index (χ2v) is 8.11. The summed E-state index contributed by atoms with van der Waals surface area (Å²) in [6.45, 7) is 3.21. The van der Waals surface area contributed by atoms with E-state index in [-0.39, 0.29) is 12.0 Å². The molecule has 3 aliphatic heterocycles. The number of aromatic nitrogens is 1. The Labute approximate surface area is 174 Å². The third-order valence-electron chi connectivity index (χ3n) is 6.05. The minimum absolute atomic E-state index is 0.145. The number of aliphatic hydroxyl groups is 1. The number of amides is 1. The number of pyridine rings is 1. The molecule has 1 aromatic carbocycles. The van der Waals surface area contributed by atoms with Gasteiger partial charge in [0.1, 0.15) is 18.2 Å². The Morgan fingerprint density at radius 2 is 2.03 bits per heavy atom. The molecule has 0 spiro atoms. The van der Waals surface area contributed by atoms with Crippen molar-refractivity contribution in [2.45, 2.75) is 38.4 Å². The molecular weight excluding hydrogens is 385 g/mol. The van der Waals surface area contributed by atoms with Crippen molar-refractivity contribution in [3.63, 3.8) is 0 Å². The molecule has 2 aromatic rings. The van der Waals surface area contributed by atoms with E-state index in [1.165, 1.54) is 12.1 Å². The summed E-state index contributed by atoms with van der Waals surface area (Å²) in [6.07, 6.45) is 3.44. The number of rotatable bonds is 4. The Morgan fingerprint density at radius 3 is 2.87 bits per heavy atom. The monoisotopic (exact) mass is 409 g/mol. The van der Waals surface area contributed by atoms with Crippen LogP contribution < -0.4 is 5.32 Å². The van der Waals surface area contributed by atoms with Crippen molar-refractivity contribution >= 4 is 22.9 Å². The fraction of sp³-hybridized carbons (Fsp3) is 0.391. The van der Waals surface area contributed by atoms with Crippen molar-refractivity contribution in [2.24, 2.45) is 0 Å². The van der Waals surface area contributed by atoms with Crippen LogP contribution in [0.4, 0.5) is 10.1 Å². The van der Waals surface area contributed by atoms with Gasteiger partial charge in [-0.1, -0.05) is 0 Å². The number of nitrogens with zero attached hydrogens (tertiary/aromatic N) is 2. The lowest BCUT2D eigenvalue weighted by atomic mass is 10.0. The van der Waals surface area contributed by atoms with Crippen molar-refractivity contribution in [3.8, 4) is 0 Å². The first-order valence-corrected chi connectivity index (χ1v) is 10.5. The molecule has 0 saturated carbocycles. The van der Waals surface area contributed by atoms with Crippen molar-refractivity contribution in [3.05, 3.63) is 58.7 Å². The van der Waals surface area contributed by atoms with E-state index in [2.05, 4.69) is 10.2 Å². The number of carbonyl (C=O) groups excluding carboxylic acids is 1. The number of fused-ring (bicyclic) bond motifs is 2. The van der Waals surface area contributed by atoms with Crippen LogP contribution in [0.1, 0.15) is 41.8 Å². The van der Waals surface area contributed by atoms with Crippen molar-refractivity contribution in [1.29, 1.82) is 0 Å². The van der Waals surface area contributed by atoms with E-state index in [1.54, 1.807) is 6.07 Å². The van der Waals surface area contributed by atoms with Crippen molar-refractivity contribution in [1.82, 2.24) is 9.88 Å². The van der Waals surface area contributed by atoms with Crippen LogP contribution in [-0.2, 0) is 22.6 Å². The Balaban J connectivity index is 1.32. The third-order valence-corrected chi connectivity index (χ3v) is 6.05. The van der Waals surface area contributed by atoms with Crippen molar-refractivity contribution in [2.75, 3.05) is 25.0 Å². The predicted octanol–water partition coefficient (Wildman–Crippen LogP) is 2.96. The highest BCUT2D eigenvalue weighted by Gasteiger charge is 2.33. The Bertz CT molecular complexity index is 1030. The van der Waals surface area contributed by atoms with Gasteiger partial charge >= 0.3 is 0 Å². The highest BCUT2D eigenvalue weighted by Crippen LogP contribution is 2.41. The first-order chi connectivity index (χ1) is 14.6. The number of hydrogen-bond donors (Lipinski definition) is 2. The molecule has 6 nitrogen and oxygen atoms in total. The second-order valence-electron chi connectivity index (χ2n) is 8.11. The maximum absolute atomic E-state index is 13.7. The standard InChI is InChI=1S/C23H24FN3O3/c24-14-3-6-19-18(12-14)21(23(29)26-19)22-17-5-4-15(25-20(17)13-30-22)2-1-9-27-10-7-16(28)8-11-27/h3-6,12,16,28H,1-2,7-11,13H2,(H,26,29)/b22-21-. The number of piperidine rings is 1. The molecule has 0 atom stereocenters. The van der Waals surface area contributed by atoms with Crippen LogP contribution in [0.2, 0.25) is 0 Å². The van der Waals surface area contributed by atoms with Gasteiger partial charge in [-0.25, -0.2) is 4.39 Å². The largest absolute Gasteiger partial charge is 0.486 e. The molecule has 1 fully saturated rings. The van der Waals surface area contributed by atoms with Gasteiger partial charge in [0, 0.05) is 35.6 Å². The van der Waals surface area contributed by atoms with Crippen LogP contribution in [0.5, 0.6) is 0 Å². The quantitative estimate of drug-likeness (QED) is 0.760. The summed E-state index contributed by atoms with van der Waals surface area (Å²) < 4.78 is 19.6. The van der Waals surface area contributed by atoms with Gasteiger partial charge in [-0.15, -0.1) is 0 Å². The summed E-state index contributed by atoms with van der Waals surface area (Å²) in [5, 5.41) is 12.4. The van der Waals surface area contributed by atoms with E-state index in [0.29, 0.717) is 29.2 Å². The molecule has 7 heteroatoms. The number of aliphatic hydroxyl groups excluding tert-OH is 1. The van der Waals surface area contributed by atoms with Crippen LogP contribution >= 0.6 is 0 Å². The minimum atomic E-state index is -0.391. The highest BCUT2D eigenvalue weighted by molar-refractivity contribution is 6.36. The number of nitrogens with one attached hydrogen (secondary N) is 1. The average molecular weight is 409 g/mol. The third kappa shape index (κ3) is 3.59. The molecule has 0 unspecified atom stereocenters. The maximum atomic E-state index is 13.7. The molecule has 3 aliphatic rings. The molecule has 4 heterocycles. The summed E-state index contributed by atoms with van der Waals surface area (Å²) in [5.41, 5.74) is 4.10. The zero-order valence-corrected chi connectivity index (χ0v) is 16.7. The van der Waals surface area contributed by atoms with E-state index in [0.717, 1.165) is 62.3 Å². The minimum Gasteiger partial charge on any atom is -0.486 e. The fourth-order valence-corrected chi connectivity index (χ4v) is 4.42. The van der Waals surface area contributed by atoms with Crippen LogP contribution in [-0.4, -0.2) is 46.6 Å². The van der Waals surface area contributed by atoms with Gasteiger partial charge in [0.2, 0.25) is 0 Å². The Kier molecular flexibility index (Phi) is 5.00. The first kappa shape index (κ1) is 19.2. The number of ether oxygens (including phenoxy) is 1. The molecule has 0 radical (unpaired) electrons. The lowest BCUT2D eigenvalue weighted by Gasteiger charge is -2.29. The second kappa shape index (κ2) is 7.81. The molecule has 1 amide bonds. The van der Waals surface area contributed by atoms with Gasteiger partial charge < -0.3 is 20.1 Å². The number of hydrogen-bond acceptors (Lipinski definition) is 5. The lowest BCUT2D eigenvalue weighted by Crippen LogP contribution is -2.36. The molecule has 0 aliphatic carbocycles. The van der Waals surface area contributed by atoms with Crippen LogP contribution in [0.25, 0.3) is 11.3 Å². The molecule has 1 aromatic heterocycles. The van der Waals surface area contributed by atoms with Gasteiger partial charge in [-0.05, 0) is 62.6 Å². The van der Waals surface area contributed by atoms with Gasteiger partial charge in [0.25, 0.3) is 5.91 Å². The van der Waals surface area contributed by atoms with Gasteiger partial charge in [-0.3, -0.25) is 9.78 Å². The molecule has 156 valence electrons. The molecule has 2 N–H and O–H groups in total. The maximum Gasteiger partial charge on any atom is 0.260 e. The SMILES string of the molecule is O=C1Nc2ccc(F)cc2/C1=C1/OCc2nc(CCCN3CCC(O)CC3)ccc21. The summed E-state index contributed by atoms with van der Waals surface area (Å²) >= 11 is 0. The highest BCUT2D eigenvalue weighted by atomic mass is 19.1. The van der Waals surface area contributed by atoms with Crippen LogP contribution in [0, 0.1) is 5.82 Å². The summed E-state index contributed by atoms with van der Waals surface area (Å²) in [7, 11) is 0. The Morgan fingerprint density at radius 1 is 1.20 bits per heavy atom. The molecular formula is C23H24FN3O3. The van der Waals surface area contributed by atoms with E-state index in [9.17, 15) is 14.3 Å². The molecule has 1 saturated heterocycles. The van der Waals surface area contributed by atoms with Gasteiger partial charge in [-0.2, -0.15) is 0 Å². The fourth-order valence-electron chi connectivity index (χ4n) is 4.42. The topological polar surface area (TPSA) is 74.7 Å². The molecule has 30 heavy (non-hydrogen) atoms. The zero-order chi connectivity index (χ0) is 20.7. The van der Waals surface area contributed by atoms with E-state index >= 15 is 0 Å². The lowest BCUT2D eigenvalue weighted by molar-refractivity contribution is -0.110. The summed E-state index contributed by atoms with van der Waals surface area (Å²) in [5.74, 6) is -0.204. The van der Waals surface area contributed by atoms with Crippen LogP contribution in [0.15, 0.2) is 30.3 Å². The predicted molar refractivity (Wildman–Crippen MR) is 111 cm³/mol. The van der Waals surface area contributed by atoms with Crippen molar-refractivity contribution < 1.29 is 19.0 Å². The zero-order valence-electron chi connectivity index (χ0n) is 16.7. The Hall–Kier alpha value is -2.77.